The van der Waals surface area contributed by atoms with Crippen molar-refractivity contribution in [3.8, 4) is 0 Å². The summed E-state index contributed by atoms with van der Waals surface area (Å²) in [4.78, 5) is 2.26. The van der Waals surface area contributed by atoms with Crippen LogP contribution in [-0.2, 0) is 6.54 Å². The van der Waals surface area contributed by atoms with E-state index in [1.807, 2.05) is 25.1 Å². The van der Waals surface area contributed by atoms with Gasteiger partial charge in [0.15, 0.2) is 0 Å². The zero-order valence-corrected chi connectivity index (χ0v) is 10.9. The van der Waals surface area contributed by atoms with Crippen LogP contribution in [0.2, 0.25) is 5.02 Å². The molecule has 0 amide bonds. The average Bonchev–Trinajstić information content (AvgIpc) is 2.29. The highest BCUT2D eigenvalue weighted by Gasteiger charge is 2.28. The van der Waals surface area contributed by atoms with E-state index < -0.39 is 5.60 Å². The molecule has 94 valence electrons. The van der Waals surface area contributed by atoms with Crippen molar-refractivity contribution >= 4 is 17.3 Å². The van der Waals surface area contributed by atoms with Crippen LogP contribution in [0, 0.1) is 0 Å². The molecule has 2 rings (SSSR count). The van der Waals surface area contributed by atoms with Gasteiger partial charge in [0.2, 0.25) is 0 Å². The topological polar surface area (TPSA) is 49.5 Å². The molecular weight excluding hydrogens is 236 g/mol. The summed E-state index contributed by atoms with van der Waals surface area (Å²) in [6, 6.07) is 5.81. The van der Waals surface area contributed by atoms with Crippen LogP contribution in [0.1, 0.15) is 25.3 Å². The minimum atomic E-state index is -0.530. The van der Waals surface area contributed by atoms with Crippen LogP contribution in [0.25, 0.3) is 0 Å². The van der Waals surface area contributed by atoms with Crippen LogP contribution in [0.5, 0.6) is 0 Å². The lowest BCUT2D eigenvalue weighted by Gasteiger charge is -2.38. The van der Waals surface area contributed by atoms with Crippen molar-refractivity contribution in [1.29, 1.82) is 0 Å². The van der Waals surface area contributed by atoms with Crippen LogP contribution < -0.4 is 10.6 Å². The third kappa shape index (κ3) is 2.92. The van der Waals surface area contributed by atoms with Gasteiger partial charge in [-0.2, -0.15) is 0 Å². The minimum absolute atomic E-state index is 0.513. The molecule has 0 bridgehead atoms. The van der Waals surface area contributed by atoms with Crippen LogP contribution in [-0.4, -0.2) is 23.8 Å². The smallest absolute Gasteiger partial charge is 0.0653 e. The first kappa shape index (κ1) is 12.7. The van der Waals surface area contributed by atoms with Gasteiger partial charge >= 0.3 is 0 Å². The number of aliphatic hydroxyl groups is 1. The molecule has 1 heterocycles. The molecule has 0 aliphatic carbocycles. The van der Waals surface area contributed by atoms with Gasteiger partial charge in [0.05, 0.1) is 5.60 Å². The quantitative estimate of drug-likeness (QED) is 0.850. The Hall–Kier alpha value is -0.770. The molecule has 1 aliphatic heterocycles. The number of halogens is 1. The Morgan fingerprint density at radius 1 is 1.41 bits per heavy atom. The SMILES string of the molecule is CC1(O)CCN(c2cc(Cl)ccc2CN)CC1. The summed E-state index contributed by atoms with van der Waals surface area (Å²) < 4.78 is 0. The highest BCUT2D eigenvalue weighted by atomic mass is 35.5. The number of rotatable bonds is 2. The highest BCUT2D eigenvalue weighted by Crippen LogP contribution is 2.30. The van der Waals surface area contributed by atoms with Gasteiger partial charge in [-0.05, 0) is 37.5 Å². The number of piperidine rings is 1. The maximum absolute atomic E-state index is 9.94. The van der Waals surface area contributed by atoms with Crippen LogP contribution in [0.3, 0.4) is 0 Å². The first-order valence-corrected chi connectivity index (χ1v) is 6.35. The summed E-state index contributed by atoms with van der Waals surface area (Å²) >= 11 is 6.03. The van der Waals surface area contributed by atoms with E-state index in [2.05, 4.69) is 4.90 Å². The predicted molar refractivity (Wildman–Crippen MR) is 71.4 cm³/mol. The molecule has 17 heavy (non-hydrogen) atoms. The number of nitrogens with zero attached hydrogens (tertiary/aromatic N) is 1. The van der Waals surface area contributed by atoms with E-state index in [-0.39, 0.29) is 0 Å². The molecular formula is C13H19ClN2O. The zero-order chi connectivity index (χ0) is 12.5. The largest absolute Gasteiger partial charge is 0.390 e. The van der Waals surface area contributed by atoms with Crippen LogP contribution >= 0.6 is 11.6 Å². The molecule has 0 aromatic heterocycles. The van der Waals surface area contributed by atoms with E-state index >= 15 is 0 Å². The fraction of sp³-hybridized carbons (Fsp3) is 0.538. The number of benzene rings is 1. The van der Waals surface area contributed by atoms with E-state index in [0.717, 1.165) is 42.2 Å². The van der Waals surface area contributed by atoms with Crippen molar-refractivity contribution in [2.75, 3.05) is 18.0 Å². The summed E-state index contributed by atoms with van der Waals surface area (Å²) in [6.07, 6.45) is 1.56. The lowest BCUT2D eigenvalue weighted by molar-refractivity contribution is 0.0351. The van der Waals surface area contributed by atoms with Gasteiger partial charge in [-0.25, -0.2) is 0 Å². The number of anilines is 1. The molecule has 1 aromatic rings. The summed E-state index contributed by atoms with van der Waals surface area (Å²) in [5.74, 6) is 0. The Morgan fingerprint density at radius 3 is 2.65 bits per heavy atom. The van der Waals surface area contributed by atoms with Crippen LogP contribution in [0.15, 0.2) is 18.2 Å². The molecule has 0 atom stereocenters. The van der Waals surface area contributed by atoms with Crippen molar-refractivity contribution in [3.05, 3.63) is 28.8 Å². The molecule has 1 fully saturated rings. The van der Waals surface area contributed by atoms with E-state index in [1.165, 1.54) is 0 Å². The minimum Gasteiger partial charge on any atom is -0.390 e. The third-order valence-electron chi connectivity index (χ3n) is 3.45. The van der Waals surface area contributed by atoms with E-state index in [1.54, 1.807) is 0 Å². The molecule has 0 radical (unpaired) electrons. The van der Waals surface area contributed by atoms with Gasteiger partial charge in [-0.3, -0.25) is 0 Å². The fourth-order valence-electron chi connectivity index (χ4n) is 2.23. The first-order valence-electron chi connectivity index (χ1n) is 5.98. The monoisotopic (exact) mass is 254 g/mol. The Balaban J connectivity index is 2.20. The fourth-order valence-corrected chi connectivity index (χ4v) is 2.40. The van der Waals surface area contributed by atoms with Crippen molar-refractivity contribution < 1.29 is 5.11 Å². The zero-order valence-electron chi connectivity index (χ0n) is 10.1. The molecule has 0 unspecified atom stereocenters. The molecule has 4 heteroatoms. The Bertz CT molecular complexity index is 396. The third-order valence-corrected chi connectivity index (χ3v) is 3.68. The second-order valence-electron chi connectivity index (χ2n) is 4.96. The van der Waals surface area contributed by atoms with Gasteiger partial charge in [-0.15, -0.1) is 0 Å². The van der Waals surface area contributed by atoms with Gasteiger partial charge in [0.25, 0.3) is 0 Å². The molecule has 0 spiro atoms. The lowest BCUT2D eigenvalue weighted by atomic mass is 9.93. The molecule has 1 aromatic carbocycles. The summed E-state index contributed by atoms with van der Waals surface area (Å²) in [6.45, 7) is 4.10. The average molecular weight is 255 g/mol. The molecule has 1 aliphatic rings. The summed E-state index contributed by atoms with van der Waals surface area (Å²) in [5, 5.41) is 10.7. The Morgan fingerprint density at radius 2 is 2.06 bits per heavy atom. The molecule has 1 saturated heterocycles. The Labute approximate surface area is 107 Å². The lowest BCUT2D eigenvalue weighted by Crippen LogP contribution is -2.42. The van der Waals surface area contributed by atoms with Crippen molar-refractivity contribution in [3.63, 3.8) is 0 Å². The van der Waals surface area contributed by atoms with Gasteiger partial charge in [0, 0.05) is 30.3 Å². The first-order chi connectivity index (χ1) is 8.02. The number of hydrogen-bond donors (Lipinski definition) is 2. The van der Waals surface area contributed by atoms with Gasteiger partial charge in [0.1, 0.15) is 0 Å². The van der Waals surface area contributed by atoms with Crippen molar-refractivity contribution in [1.82, 2.24) is 0 Å². The maximum atomic E-state index is 9.94. The highest BCUT2D eigenvalue weighted by molar-refractivity contribution is 6.30. The number of nitrogens with two attached hydrogens (primary N) is 1. The van der Waals surface area contributed by atoms with E-state index in [4.69, 9.17) is 17.3 Å². The summed E-state index contributed by atoms with van der Waals surface area (Å²) in [7, 11) is 0. The second-order valence-corrected chi connectivity index (χ2v) is 5.40. The normalized spacial score (nSPS) is 19.4. The van der Waals surface area contributed by atoms with Crippen LogP contribution in [0.4, 0.5) is 5.69 Å². The van der Waals surface area contributed by atoms with Gasteiger partial charge < -0.3 is 15.7 Å². The molecule has 3 nitrogen and oxygen atoms in total. The van der Waals surface area contributed by atoms with Crippen molar-refractivity contribution in [2.24, 2.45) is 5.73 Å². The maximum Gasteiger partial charge on any atom is 0.0653 e. The summed E-state index contributed by atoms with van der Waals surface area (Å²) in [5.41, 5.74) is 7.43. The van der Waals surface area contributed by atoms with E-state index in [9.17, 15) is 5.11 Å². The predicted octanol–water partition coefficient (Wildman–Crippen LogP) is 2.15. The van der Waals surface area contributed by atoms with Gasteiger partial charge in [-0.1, -0.05) is 17.7 Å². The second kappa shape index (κ2) is 4.84. The standard InChI is InChI=1S/C13H19ClN2O/c1-13(17)4-6-16(7-5-13)12-8-11(14)3-2-10(12)9-15/h2-3,8,17H,4-7,9,15H2,1H3. The molecule has 0 saturated carbocycles. The number of hydrogen-bond acceptors (Lipinski definition) is 3. The van der Waals surface area contributed by atoms with Crippen molar-refractivity contribution in [2.45, 2.75) is 31.9 Å². The van der Waals surface area contributed by atoms with E-state index in [0.29, 0.717) is 6.54 Å². The molecule has 3 N–H and O–H groups in total. The Kier molecular flexibility index (Phi) is 3.61.